The lowest BCUT2D eigenvalue weighted by Crippen LogP contribution is -2.40. The molecule has 0 aliphatic carbocycles. The monoisotopic (exact) mass is 317 g/mol. The standard InChI is InChI=1S/C13H27N5O2S/c1-6-7-14-8-12-11(3)15-16-13(12)21(19,20)17-10(2)9-18(4)5/h10,14,17H,6-9H2,1-5H3,(H,15,16). The van der Waals surface area contributed by atoms with Gasteiger partial charge in [-0.1, -0.05) is 6.92 Å². The molecule has 0 amide bonds. The molecule has 1 aromatic heterocycles. The average molecular weight is 317 g/mol. The fourth-order valence-corrected chi connectivity index (χ4v) is 3.59. The highest BCUT2D eigenvalue weighted by molar-refractivity contribution is 7.89. The molecular weight excluding hydrogens is 290 g/mol. The van der Waals surface area contributed by atoms with Gasteiger partial charge in [-0.3, -0.25) is 5.10 Å². The maximum atomic E-state index is 12.5. The highest BCUT2D eigenvalue weighted by Crippen LogP contribution is 2.16. The molecule has 0 aliphatic heterocycles. The highest BCUT2D eigenvalue weighted by Gasteiger charge is 2.25. The quantitative estimate of drug-likeness (QED) is 0.575. The van der Waals surface area contributed by atoms with Gasteiger partial charge in [-0.05, 0) is 40.9 Å². The molecule has 0 aliphatic rings. The zero-order valence-electron chi connectivity index (χ0n) is 13.5. The number of aromatic nitrogens is 2. The van der Waals surface area contributed by atoms with Crippen LogP contribution in [0.15, 0.2) is 5.03 Å². The molecular formula is C13H27N5O2S. The van der Waals surface area contributed by atoms with Crippen molar-refractivity contribution in [2.24, 2.45) is 0 Å². The molecule has 1 rings (SSSR count). The van der Waals surface area contributed by atoms with Crippen molar-refractivity contribution in [3.8, 4) is 0 Å². The van der Waals surface area contributed by atoms with Gasteiger partial charge in [-0.2, -0.15) is 5.10 Å². The summed E-state index contributed by atoms with van der Waals surface area (Å²) in [5, 5.41) is 10.0. The lowest BCUT2D eigenvalue weighted by Gasteiger charge is -2.18. The van der Waals surface area contributed by atoms with Gasteiger partial charge in [0.05, 0.1) is 0 Å². The van der Waals surface area contributed by atoms with Gasteiger partial charge in [0.15, 0.2) is 5.03 Å². The Morgan fingerprint density at radius 3 is 2.62 bits per heavy atom. The lowest BCUT2D eigenvalue weighted by atomic mass is 10.2. The molecule has 7 nitrogen and oxygen atoms in total. The van der Waals surface area contributed by atoms with Crippen LogP contribution in [0.5, 0.6) is 0 Å². The fourth-order valence-electron chi connectivity index (χ4n) is 2.16. The van der Waals surface area contributed by atoms with E-state index in [1.54, 1.807) is 0 Å². The molecule has 0 saturated heterocycles. The minimum Gasteiger partial charge on any atom is -0.313 e. The third-order valence-corrected chi connectivity index (χ3v) is 4.57. The van der Waals surface area contributed by atoms with Crippen molar-refractivity contribution in [1.29, 1.82) is 0 Å². The number of H-pyrrole nitrogens is 1. The fraction of sp³-hybridized carbons (Fsp3) is 0.769. The topological polar surface area (TPSA) is 90.1 Å². The van der Waals surface area contributed by atoms with Crippen LogP contribution in [0.1, 0.15) is 31.5 Å². The Kier molecular flexibility index (Phi) is 6.79. The third kappa shape index (κ3) is 5.39. The van der Waals surface area contributed by atoms with Crippen LogP contribution >= 0.6 is 0 Å². The van der Waals surface area contributed by atoms with Gasteiger partial charge >= 0.3 is 0 Å². The summed E-state index contributed by atoms with van der Waals surface area (Å²) in [5.74, 6) is 0. The van der Waals surface area contributed by atoms with Gasteiger partial charge in [0.2, 0.25) is 0 Å². The number of hydrogen-bond donors (Lipinski definition) is 3. The summed E-state index contributed by atoms with van der Waals surface area (Å²) in [4.78, 5) is 1.94. The summed E-state index contributed by atoms with van der Waals surface area (Å²) in [6.07, 6.45) is 0.997. The first-order valence-corrected chi connectivity index (χ1v) is 8.67. The number of likely N-dealkylation sites (N-methyl/N-ethyl adjacent to an activating group) is 1. The van der Waals surface area contributed by atoms with Crippen molar-refractivity contribution in [2.45, 2.75) is 44.8 Å². The summed E-state index contributed by atoms with van der Waals surface area (Å²) in [6, 6.07) is -0.182. The van der Waals surface area contributed by atoms with Crippen LogP contribution in [0.4, 0.5) is 0 Å². The first kappa shape index (κ1) is 18.1. The van der Waals surface area contributed by atoms with Gasteiger partial charge in [-0.25, -0.2) is 13.1 Å². The first-order valence-electron chi connectivity index (χ1n) is 7.19. The van der Waals surface area contributed by atoms with E-state index in [9.17, 15) is 8.42 Å². The molecule has 0 bridgehead atoms. The van der Waals surface area contributed by atoms with Crippen LogP contribution in [-0.2, 0) is 16.6 Å². The Morgan fingerprint density at radius 2 is 2.05 bits per heavy atom. The zero-order valence-corrected chi connectivity index (χ0v) is 14.3. The van der Waals surface area contributed by atoms with E-state index >= 15 is 0 Å². The summed E-state index contributed by atoms with van der Waals surface area (Å²) >= 11 is 0. The van der Waals surface area contributed by atoms with E-state index in [0.29, 0.717) is 18.7 Å². The highest BCUT2D eigenvalue weighted by atomic mass is 32.2. The molecule has 1 heterocycles. The zero-order chi connectivity index (χ0) is 16.0. The Balaban J connectivity index is 2.87. The van der Waals surface area contributed by atoms with Gasteiger partial charge in [0.25, 0.3) is 10.0 Å². The molecule has 1 aromatic rings. The number of rotatable bonds is 9. The molecule has 0 aromatic carbocycles. The Hall–Kier alpha value is -0.960. The predicted molar refractivity (Wildman–Crippen MR) is 83.7 cm³/mol. The summed E-state index contributed by atoms with van der Waals surface area (Å²) in [6.45, 7) is 7.71. The number of nitrogens with zero attached hydrogens (tertiary/aromatic N) is 2. The number of aryl methyl sites for hydroxylation is 1. The normalized spacial score (nSPS) is 13.8. The van der Waals surface area contributed by atoms with Crippen LogP contribution in [-0.4, -0.2) is 56.7 Å². The smallest absolute Gasteiger partial charge is 0.260 e. The van der Waals surface area contributed by atoms with E-state index in [-0.39, 0.29) is 11.1 Å². The predicted octanol–water partition coefficient (Wildman–Crippen LogP) is 0.446. The second-order valence-electron chi connectivity index (χ2n) is 5.59. The minimum absolute atomic E-state index is 0.0919. The van der Waals surface area contributed by atoms with Crippen molar-refractivity contribution in [3.05, 3.63) is 11.3 Å². The maximum Gasteiger partial charge on any atom is 0.260 e. The molecule has 1 atom stereocenters. The molecule has 0 fully saturated rings. The van der Waals surface area contributed by atoms with E-state index in [0.717, 1.165) is 18.7 Å². The maximum absolute atomic E-state index is 12.5. The summed E-state index contributed by atoms with van der Waals surface area (Å²) < 4.78 is 27.6. The number of aromatic amines is 1. The first-order chi connectivity index (χ1) is 9.77. The average Bonchev–Trinajstić information content (AvgIpc) is 2.70. The SMILES string of the molecule is CCCNCc1c(S(=O)(=O)NC(C)CN(C)C)n[nH]c1C. The van der Waals surface area contributed by atoms with Crippen molar-refractivity contribution in [1.82, 2.24) is 25.1 Å². The molecule has 0 spiro atoms. The molecule has 0 radical (unpaired) electrons. The third-order valence-electron chi connectivity index (χ3n) is 3.01. The van der Waals surface area contributed by atoms with Crippen molar-refractivity contribution in [2.75, 3.05) is 27.2 Å². The number of hydrogen-bond acceptors (Lipinski definition) is 5. The van der Waals surface area contributed by atoms with E-state index in [4.69, 9.17) is 0 Å². The van der Waals surface area contributed by atoms with Crippen molar-refractivity contribution >= 4 is 10.0 Å². The number of nitrogens with one attached hydrogen (secondary N) is 3. The van der Waals surface area contributed by atoms with Crippen molar-refractivity contribution in [3.63, 3.8) is 0 Å². The molecule has 21 heavy (non-hydrogen) atoms. The van der Waals surface area contributed by atoms with E-state index in [1.165, 1.54) is 0 Å². The van der Waals surface area contributed by atoms with Crippen LogP contribution in [0.3, 0.4) is 0 Å². The second kappa shape index (κ2) is 7.88. The molecule has 8 heteroatoms. The van der Waals surface area contributed by atoms with E-state index in [2.05, 4.69) is 27.2 Å². The molecule has 122 valence electrons. The van der Waals surface area contributed by atoms with E-state index < -0.39 is 10.0 Å². The van der Waals surface area contributed by atoms with Crippen LogP contribution in [0.2, 0.25) is 0 Å². The van der Waals surface area contributed by atoms with E-state index in [1.807, 2.05) is 32.8 Å². The van der Waals surface area contributed by atoms with Crippen LogP contribution in [0.25, 0.3) is 0 Å². The summed E-state index contributed by atoms with van der Waals surface area (Å²) in [7, 11) is 0.202. The van der Waals surface area contributed by atoms with Crippen molar-refractivity contribution < 1.29 is 8.42 Å². The van der Waals surface area contributed by atoms with Gasteiger partial charge < -0.3 is 10.2 Å². The van der Waals surface area contributed by atoms with Gasteiger partial charge in [0, 0.05) is 30.4 Å². The van der Waals surface area contributed by atoms with Crippen LogP contribution < -0.4 is 10.0 Å². The summed E-state index contributed by atoms with van der Waals surface area (Å²) in [5.41, 5.74) is 1.48. The van der Waals surface area contributed by atoms with Gasteiger partial charge in [-0.15, -0.1) is 0 Å². The largest absolute Gasteiger partial charge is 0.313 e. The minimum atomic E-state index is -3.61. The Bertz CT molecular complexity index is 539. The second-order valence-corrected chi connectivity index (χ2v) is 7.22. The molecule has 0 saturated carbocycles. The number of sulfonamides is 1. The van der Waals surface area contributed by atoms with Crippen LogP contribution in [0, 0.1) is 6.92 Å². The Labute approximate surface area is 127 Å². The molecule has 3 N–H and O–H groups in total. The molecule has 1 unspecified atom stereocenters. The Morgan fingerprint density at radius 1 is 1.38 bits per heavy atom. The lowest BCUT2D eigenvalue weighted by molar-refractivity contribution is 0.370. The van der Waals surface area contributed by atoms with Gasteiger partial charge in [0.1, 0.15) is 0 Å².